The molecule has 1 fully saturated rings. The number of amides is 1. The Bertz CT molecular complexity index is 746. The molecule has 198 valence electrons. The highest BCUT2D eigenvalue weighted by atomic mass is 17.1. The van der Waals surface area contributed by atoms with Gasteiger partial charge in [-0.05, 0) is 75.7 Å². The highest BCUT2D eigenvalue weighted by Gasteiger charge is 2.40. The van der Waals surface area contributed by atoms with E-state index in [-0.39, 0.29) is 35.8 Å². The lowest BCUT2D eigenvalue weighted by Crippen LogP contribution is -2.37. The molecule has 1 aliphatic carbocycles. The predicted octanol–water partition coefficient (Wildman–Crippen LogP) is 2.75. The second-order valence-corrected chi connectivity index (χ2v) is 9.57. The molecule has 0 aromatic heterocycles. The van der Waals surface area contributed by atoms with Crippen LogP contribution >= 0.6 is 0 Å². The Morgan fingerprint density at radius 2 is 1.86 bits per heavy atom. The van der Waals surface area contributed by atoms with Crippen LogP contribution in [0.2, 0.25) is 0 Å². The fraction of sp³-hybridized carbons (Fsp3) is 0.654. The Balaban J connectivity index is 1.66. The number of hydrogen-bond donors (Lipinski definition) is 6. The quantitative estimate of drug-likeness (QED) is 0.117. The maximum Gasteiger partial charge on any atom is 0.220 e. The summed E-state index contributed by atoms with van der Waals surface area (Å²) in [7, 11) is 0. The maximum atomic E-state index is 11.9. The van der Waals surface area contributed by atoms with E-state index in [1.54, 1.807) is 6.92 Å². The lowest BCUT2D eigenvalue weighted by molar-refractivity contribution is -0.493. The molecule has 0 radical (unpaired) electrons. The van der Waals surface area contributed by atoms with Crippen LogP contribution in [0.4, 0.5) is 0 Å². The van der Waals surface area contributed by atoms with E-state index in [4.69, 9.17) is 10.4 Å². The van der Waals surface area contributed by atoms with Gasteiger partial charge in [0.25, 0.3) is 0 Å². The zero-order valence-corrected chi connectivity index (χ0v) is 20.6. The summed E-state index contributed by atoms with van der Waals surface area (Å²) in [5, 5.41) is 50.6. The first-order chi connectivity index (χ1) is 16.8. The van der Waals surface area contributed by atoms with Gasteiger partial charge >= 0.3 is 0 Å². The Morgan fingerprint density at radius 3 is 2.57 bits per heavy atom. The molecule has 1 amide bonds. The number of aryl methyl sites for hydroxylation is 1. The van der Waals surface area contributed by atoms with Crippen LogP contribution < -0.4 is 5.32 Å². The number of nitrogens with zero attached hydrogens (tertiary/aromatic N) is 1. The number of hydrogen-bond acceptors (Lipinski definition) is 8. The molecule has 1 aromatic rings. The Labute approximate surface area is 207 Å². The average Bonchev–Trinajstić information content (AvgIpc) is 3.09. The molecule has 1 saturated carbocycles. The summed E-state index contributed by atoms with van der Waals surface area (Å²) < 4.78 is 0. The minimum atomic E-state index is -0.553. The van der Waals surface area contributed by atoms with Crippen molar-refractivity contribution in [2.24, 2.45) is 11.8 Å². The third-order valence-electron chi connectivity index (χ3n) is 6.66. The van der Waals surface area contributed by atoms with Crippen molar-refractivity contribution < 1.29 is 35.4 Å². The number of unbranched alkanes of at least 4 members (excludes halogenated alkanes) is 1. The van der Waals surface area contributed by atoms with E-state index in [0.717, 1.165) is 6.42 Å². The van der Waals surface area contributed by atoms with Gasteiger partial charge in [-0.25, -0.2) is 4.84 Å². The van der Waals surface area contributed by atoms with Gasteiger partial charge in [-0.15, -0.1) is 0 Å². The molecule has 9 nitrogen and oxygen atoms in total. The summed E-state index contributed by atoms with van der Waals surface area (Å²) >= 11 is 0. The van der Waals surface area contributed by atoms with Gasteiger partial charge in [-0.2, -0.15) is 0 Å². The molecule has 0 bridgehead atoms. The molecule has 9 heteroatoms. The normalized spacial score (nSPS) is 24.2. The molecular formula is C26H42N2O7. The number of aliphatic hydroxyl groups is 3. The summed E-state index contributed by atoms with van der Waals surface area (Å²) in [5.74, 6) is -0.217. The van der Waals surface area contributed by atoms with Gasteiger partial charge in [0.05, 0.1) is 36.4 Å². The topological polar surface area (TPSA) is 143 Å². The third-order valence-corrected chi connectivity index (χ3v) is 6.66. The van der Waals surface area contributed by atoms with Gasteiger partial charge in [-0.3, -0.25) is 15.2 Å². The fourth-order valence-corrected chi connectivity index (χ4v) is 4.73. The second kappa shape index (κ2) is 16.0. The minimum Gasteiger partial charge on any atom is -0.393 e. The molecule has 1 aromatic carbocycles. The van der Waals surface area contributed by atoms with Gasteiger partial charge in [0, 0.05) is 6.42 Å². The van der Waals surface area contributed by atoms with E-state index in [9.17, 15) is 20.1 Å². The summed E-state index contributed by atoms with van der Waals surface area (Å²) in [5.41, 5.74) is 1.20. The summed E-state index contributed by atoms with van der Waals surface area (Å²) in [4.78, 5) is 16.4. The van der Waals surface area contributed by atoms with Crippen molar-refractivity contribution in [3.05, 3.63) is 48.0 Å². The zero-order chi connectivity index (χ0) is 25.6. The van der Waals surface area contributed by atoms with Crippen molar-refractivity contribution in [3.8, 4) is 0 Å². The molecule has 0 heterocycles. The van der Waals surface area contributed by atoms with Crippen molar-refractivity contribution in [3.63, 3.8) is 0 Å². The van der Waals surface area contributed by atoms with Crippen molar-refractivity contribution in [2.45, 2.75) is 89.1 Å². The number of allylic oxidation sites excluding steroid dienone is 2. The highest BCUT2D eigenvalue weighted by molar-refractivity contribution is 5.76. The van der Waals surface area contributed by atoms with Gasteiger partial charge in [-0.1, -0.05) is 42.5 Å². The van der Waals surface area contributed by atoms with Crippen molar-refractivity contribution >= 4 is 5.91 Å². The number of benzene rings is 1. The zero-order valence-electron chi connectivity index (χ0n) is 20.6. The summed E-state index contributed by atoms with van der Waals surface area (Å²) in [6.45, 7) is 1.64. The molecular weight excluding hydrogens is 452 g/mol. The van der Waals surface area contributed by atoms with Gasteiger partial charge in [0.2, 0.25) is 5.91 Å². The molecule has 0 saturated heterocycles. The number of nitrogens with one attached hydrogen (secondary N) is 1. The largest absolute Gasteiger partial charge is 0.393 e. The smallest absolute Gasteiger partial charge is 0.220 e. The number of rotatable bonds is 16. The molecule has 2 rings (SSSR count). The van der Waals surface area contributed by atoms with Gasteiger partial charge < -0.3 is 20.6 Å². The number of aliphatic hydroxyl groups excluding tert-OH is 3. The van der Waals surface area contributed by atoms with Crippen LogP contribution in [0, 0.1) is 11.8 Å². The van der Waals surface area contributed by atoms with Crippen LogP contribution in [0.1, 0.15) is 63.9 Å². The third kappa shape index (κ3) is 11.6. The van der Waals surface area contributed by atoms with Gasteiger partial charge in [0.15, 0.2) is 0 Å². The van der Waals surface area contributed by atoms with Gasteiger partial charge in [0.1, 0.15) is 0 Å². The van der Waals surface area contributed by atoms with Crippen LogP contribution in [0.25, 0.3) is 0 Å². The Morgan fingerprint density at radius 1 is 1.14 bits per heavy atom. The first-order valence-electron chi connectivity index (χ1n) is 12.6. The van der Waals surface area contributed by atoms with Crippen LogP contribution in [0.15, 0.2) is 42.5 Å². The van der Waals surface area contributed by atoms with E-state index in [1.807, 2.05) is 30.4 Å². The Hall–Kier alpha value is -1.85. The SMILES string of the molecule is CC(CON(O)O)NC(=O)CCC/C=C\C[C@@H]1[C@@H](CC[C@@H](O)CCc2ccccc2)[C@H](O)C[C@@H]1O. The number of carbonyl (C=O) groups is 1. The molecule has 35 heavy (non-hydrogen) atoms. The molecule has 6 N–H and O–H groups in total. The van der Waals surface area contributed by atoms with Crippen molar-refractivity contribution in [1.29, 1.82) is 0 Å². The van der Waals surface area contributed by atoms with Crippen LogP contribution in [0.3, 0.4) is 0 Å². The molecule has 1 unspecified atom stereocenters. The van der Waals surface area contributed by atoms with Crippen LogP contribution in [-0.2, 0) is 16.1 Å². The molecule has 0 spiro atoms. The lowest BCUT2D eigenvalue weighted by atomic mass is 9.85. The predicted molar refractivity (Wildman–Crippen MR) is 130 cm³/mol. The standard InChI is InChI=1S/C26H42N2O7/c1-19(18-35-28(33)34)27-26(32)12-8-3-2-7-11-22-23(25(31)17-24(22)30)16-15-21(29)14-13-20-9-5-4-6-10-20/h2,4-7,9-10,19,21-25,29-31,33-34H,3,8,11-18H2,1H3,(H,27,32)/b7-2-/t19?,21-,22+,23+,24-,25+/m0/s1. The second-order valence-electron chi connectivity index (χ2n) is 9.57. The van der Waals surface area contributed by atoms with E-state index in [0.29, 0.717) is 51.4 Å². The lowest BCUT2D eigenvalue weighted by Gasteiger charge is -2.23. The minimum absolute atomic E-state index is 0.0377. The van der Waals surface area contributed by atoms with Crippen molar-refractivity contribution in [2.75, 3.05) is 6.61 Å². The number of carbonyl (C=O) groups excluding carboxylic acids is 1. The average molecular weight is 495 g/mol. The monoisotopic (exact) mass is 494 g/mol. The highest BCUT2D eigenvalue weighted by Crippen LogP contribution is 2.38. The first-order valence-corrected chi connectivity index (χ1v) is 12.6. The summed E-state index contributed by atoms with van der Waals surface area (Å²) in [6.07, 6.45) is 8.00. The first kappa shape index (κ1) is 29.4. The van der Waals surface area contributed by atoms with E-state index < -0.39 is 18.3 Å². The fourth-order valence-electron chi connectivity index (χ4n) is 4.73. The van der Waals surface area contributed by atoms with E-state index >= 15 is 0 Å². The van der Waals surface area contributed by atoms with E-state index in [1.165, 1.54) is 5.56 Å². The molecule has 0 aliphatic heterocycles. The van der Waals surface area contributed by atoms with Crippen molar-refractivity contribution in [1.82, 2.24) is 10.7 Å². The van der Waals surface area contributed by atoms with Crippen LogP contribution in [-0.4, -0.2) is 68.0 Å². The van der Waals surface area contributed by atoms with E-state index in [2.05, 4.69) is 22.3 Å². The maximum absolute atomic E-state index is 11.9. The van der Waals surface area contributed by atoms with Crippen LogP contribution in [0.5, 0.6) is 0 Å². The molecule has 1 aliphatic rings. The Kier molecular flexibility index (Phi) is 13.4. The molecule has 6 atom stereocenters. The summed E-state index contributed by atoms with van der Waals surface area (Å²) in [6, 6.07) is 9.71.